The Hall–Kier alpha value is -2.56. The number of rotatable bonds is 6. The van der Waals surface area contributed by atoms with Crippen LogP contribution in [-0.4, -0.2) is 29.6 Å². The van der Waals surface area contributed by atoms with Crippen molar-refractivity contribution in [1.82, 2.24) is 9.97 Å². The van der Waals surface area contributed by atoms with Crippen molar-refractivity contribution in [3.8, 4) is 0 Å². The lowest BCUT2D eigenvalue weighted by molar-refractivity contribution is 0.438. The molecule has 2 aromatic rings. The Morgan fingerprint density at radius 1 is 1.20 bits per heavy atom. The molecule has 0 bridgehead atoms. The van der Waals surface area contributed by atoms with Crippen molar-refractivity contribution in [1.29, 1.82) is 0 Å². The highest BCUT2D eigenvalue weighted by Gasteiger charge is 2.15. The molecule has 1 aromatic carbocycles. The van der Waals surface area contributed by atoms with Gasteiger partial charge in [-0.25, -0.2) is 4.98 Å². The first-order valence-electron chi connectivity index (χ1n) is 8.96. The van der Waals surface area contributed by atoms with Crippen LogP contribution >= 0.6 is 0 Å². The highest BCUT2D eigenvalue weighted by molar-refractivity contribution is 5.61. The fourth-order valence-electron chi connectivity index (χ4n) is 3.05. The summed E-state index contributed by atoms with van der Waals surface area (Å²) in [7, 11) is 0. The van der Waals surface area contributed by atoms with E-state index >= 15 is 0 Å². The third-order valence-electron chi connectivity index (χ3n) is 4.55. The maximum absolute atomic E-state index is 4.50. The second-order valence-corrected chi connectivity index (χ2v) is 6.73. The summed E-state index contributed by atoms with van der Waals surface area (Å²) in [5.74, 6) is 2.25. The van der Waals surface area contributed by atoms with Crippen LogP contribution in [-0.2, 0) is 0 Å². The van der Waals surface area contributed by atoms with Gasteiger partial charge in [0.05, 0.1) is 0 Å². The van der Waals surface area contributed by atoms with Gasteiger partial charge in [-0.2, -0.15) is 4.98 Å². The minimum absolute atomic E-state index is 0.612. The third-order valence-corrected chi connectivity index (χ3v) is 4.55. The second kappa shape index (κ2) is 8.01. The van der Waals surface area contributed by atoms with Crippen LogP contribution in [0.2, 0.25) is 0 Å². The molecule has 1 fully saturated rings. The lowest BCUT2D eigenvalue weighted by atomic mass is 9.99. The van der Waals surface area contributed by atoms with Gasteiger partial charge in [0.15, 0.2) is 0 Å². The van der Waals surface area contributed by atoms with Gasteiger partial charge in [0.1, 0.15) is 5.82 Å². The molecule has 0 amide bonds. The summed E-state index contributed by atoms with van der Waals surface area (Å²) < 4.78 is 0. The molecule has 5 nitrogen and oxygen atoms in total. The standard InChI is InChI=1S/C20H27N5/c1-4-11-21-20-22-16(3)14-19(24-20)23-17-5-7-18(8-6-17)25-12-9-15(2)10-13-25/h4-8,14-15H,1,9-13H2,2-3H3,(H2,21,22,23,24). The number of nitrogens with one attached hydrogen (secondary N) is 2. The molecule has 0 aliphatic carbocycles. The largest absolute Gasteiger partial charge is 0.372 e. The molecule has 132 valence electrons. The van der Waals surface area contributed by atoms with E-state index in [1.54, 1.807) is 6.08 Å². The predicted molar refractivity (Wildman–Crippen MR) is 106 cm³/mol. The highest BCUT2D eigenvalue weighted by atomic mass is 15.1. The summed E-state index contributed by atoms with van der Waals surface area (Å²) in [6.07, 6.45) is 4.35. The summed E-state index contributed by atoms with van der Waals surface area (Å²) in [6.45, 7) is 11.0. The normalized spacial score (nSPS) is 15.0. The van der Waals surface area contributed by atoms with Crippen LogP contribution in [0.25, 0.3) is 0 Å². The summed E-state index contributed by atoms with van der Waals surface area (Å²) in [4.78, 5) is 11.3. The number of piperidine rings is 1. The molecule has 1 aliphatic heterocycles. The minimum atomic E-state index is 0.612. The molecule has 0 atom stereocenters. The van der Waals surface area contributed by atoms with Crippen LogP contribution in [0.15, 0.2) is 43.0 Å². The maximum atomic E-state index is 4.50. The number of hydrogen-bond donors (Lipinski definition) is 2. The van der Waals surface area contributed by atoms with Crippen LogP contribution in [0.3, 0.4) is 0 Å². The van der Waals surface area contributed by atoms with Gasteiger partial charge in [0.25, 0.3) is 0 Å². The molecular formula is C20H27N5. The molecule has 0 saturated carbocycles. The van der Waals surface area contributed by atoms with Crippen molar-refractivity contribution in [2.75, 3.05) is 35.2 Å². The molecule has 3 rings (SSSR count). The Bertz CT molecular complexity index is 703. The zero-order valence-electron chi connectivity index (χ0n) is 15.1. The van der Waals surface area contributed by atoms with Crippen LogP contribution in [0.4, 0.5) is 23.1 Å². The first kappa shape index (κ1) is 17.3. The number of anilines is 4. The Kier molecular flexibility index (Phi) is 5.53. The molecule has 0 spiro atoms. The molecule has 5 heteroatoms. The Balaban J connectivity index is 1.67. The minimum Gasteiger partial charge on any atom is -0.372 e. The fraction of sp³-hybridized carbons (Fsp3) is 0.400. The summed E-state index contributed by atoms with van der Waals surface area (Å²) in [5, 5.41) is 6.49. The van der Waals surface area contributed by atoms with E-state index in [2.05, 4.69) is 63.3 Å². The van der Waals surface area contributed by atoms with Gasteiger partial charge >= 0.3 is 0 Å². The van der Waals surface area contributed by atoms with Crippen molar-refractivity contribution in [2.24, 2.45) is 5.92 Å². The average molecular weight is 337 g/mol. The maximum Gasteiger partial charge on any atom is 0.225 e. The van der Waals surface area contributed by atoms with E-state index in [1.807, 2.05) is 13.0 Å². The molecule has 1 aliphatic rings. The lowest BCUT2D eigenvalue weighted by Crippen LogP contribution is -2.32. The van der Waals surface area contributed by atoms with Gasteiger partial charge < -0.3 is 15.5 Å². The first-order chi connectivity index (χ1) is 12.1. The van der Waals surface area contributed by atoms with Crippen LogP contribution < -0.4 is 15.5 Å². The second-order valence-electron chi connectivity index (χ2n) is 6.73. The van der Waals surface area contributed by atoms with Crippen LogP contribution in [0, 0.1) is 12.8 Å². The quantitative estimate of drug-likeness (QED) is 0.767. The third kappa shape index (κ3) is 4.72. The molecule has 0 radical (unpaired) electrons. The van der Waals surface area contributed by atoms with E-state index < -0.39 is 0 Å². The Morgan fingerprint density at radius 2 is 1.92 bits per heavy atom. The van der Waals surface area contributed by atoms with Crippen LogP contribution in [0.1, 0.15) is 25.5 Å². The monoisotopic (exact) mass is 337 g/mol. The van der Waals surface area contributed by atoms with Gasteiger partial charge in [-0.3, -0.25) is 0 Å². The van der Waals surface area contributed by atoms with Gasteiger partial charge in [0, 0.05) is 42.8 Å². The molecule has 1 aromatic heterocycles. The van der Waals surface area contributed by atoms with E-state index in [-0.39, 0.29) is 0 Å². The molecule has 1 saturated heterocycles. The molecular weight excluding hydrogens is 310 g/mol. The number of nitrogens with zero attached hydrogens (tertiary/aromatic N) is 3. The van der Waals surface area contributed by atoms with E-state index in [0.29, 0.717) is 12.5 Å². The molecule has 25 heavy (non-hydrogen) atoms. The van der Waals surface area contributed by atoms with E-state index in [0.717, 1.165) is 36.2 Å². The number of aryl methyl sites for hydroxylation is 1. The molecule has 2 heterocycles. The van der Waals surface area contributed by atoms with Crippen molar-refractivity contribution in [2.45, 2.75) is 26.7 Å². The Morgan fingerprint density at radius 3 is 2.60 bits per heavy atom. The number of hydrogen-bond acceptors (Lipinski definition) is 5. The predicted octanol–water partition coefficient (Wildman–Crippen LogP) is 4.36. The summed E-state index contributed by atoms with van der Waals surface area (Å²) in [5.41, 5.74) is 3.25. The van der Waals surface area contributed by atoms with Crippen molar-refractivity contribution < 1.29 is 0 Å². The van der Waals surface area contributed by atoms with Gasteiger partial charge in [-0.15, -0.1) is 6.58 Å². The smallest absolute Gasteiger partial charge is 0.225 e. The van der Waals surface area contributed by atoms with E-state index in [9.17, 15) is 0 Å². The zero-order valence-corrected chi connectivity index (χ0v) is 15.1. The van der Waals surface area contributed by atoms with Crippen LogP contribution in [0.5, 0.6) is 0 Å². The highest BCUT2D eigenvalue weighted by Crippen LogP contribution is 2.25. The van der Waals surface area contributed by atoms with Crippen molar-refractivity contribution >= 4 is 23.1 Å². The lowest BCUT2D eigenvalue weighted by Gasteiger charge is -2.32. The van der Waals surface area contributed by atoms with Gasteiger partial charge in [-0.05, 0) is 49.9 Å². The van der Waals surface area contributed by atoms with E-state index in [4.69, 9.17) is 0 Å². The summed E-state index contributed by atoms with van der Waals surface area (Å²) >= 11 is 0. The SMILES string of the molecule is C=CCNc1nc(C)cc(Nc2ccc(N3CCC(C)CC3)cc2)n1. The molecule has 2 N–H and O–H groups in total. The fourth-order valence-corrected chi connectivity index (χ4v) is 3.05. The first-order valence-corrected chi connectivity index (χ1v) is 8.96. The van der Waals surface area contributed by atoms with E-state index in [1.165, 1.54) is 18.5 Å². The van der Waals surface area contributed by atoms with Crippen molar-refractivity contribution in [3.05, 3.63) is 48.7 Å². The number of benzene rings is 1. The average Bonchev–Trinajstić information content (AvgIpc) is 2.61. The number of aromatic nitrogens is 2. The van der Waals surface area contributed by atoms with Gasteiger partial charge in [-0.1, -0.05) is 13.0 Å². The van der Waals surface area contributed by atoms with Crippen molar-refractivity contribution in [3.63, 3.8) is 0 Å². The Labute approximate surface area is 150 Å². The zero-order chi connectivity index (χ0) is 17.6. The topological polar surface area (TPSA) is 53.1 Å². The summed E-state index contributed by atoms with van der Waals surface area (Å²) in [6, 6.07) is 10.5. The molecule has 0 unspecified atom stereocenters. The van der Waals surface area contributed by atoms with Gasteiger partial charge in [0.2, 0.25) is 5.95 Å².